The molecule has 0 radical (unpaired) electrons. The van der Waals surface area contributed by atoms with Crippen LogP contribution < -0.4 is 0 Å². The summed E-state index contributed by atoms with van der Waals surface area (Å²) >= 11 is 11.3. The van der Waals surface area contributed by atoms with Gasteiger partial charge in [-0.1, -0.05) is 29.8 Å². The third-order valence-electron chi connectivity index (χ3n) is 2.15. The van der Waals surface area contributed by atoms with Crippen LogP contribution in [0.3, 0.4) is 0 Å². The molecule has 0 fully saturated rings. The monoisotopic (exact) mass is 287 g/mol. The van der Waals surface area contributed by atoms with Crippen molar-refractivity contribution in [2.75, 3.05) is 0 Å². The van der Waals surface area contributed by atoms with Crippen LogP contribution in [0.25, 0.3) is 11.1 Å². The van der Waals surface area contributed by atoms with E-state index in [-0.39, 0.29) is 18.1 Å². The fraction of sp³-hybridized carbons (Fsp3) is 0. The van der Waals surface area contributed by atoms with Gasteiger partial charge in [-0.15, -0.1) is 12.4 Å². The molecule has 17 heavy (non-hydrogen) atoms. The van der Waals surface area contributed by atoms with Crippen LogP contribution in [0.1, 0.15) is 10.5 Å². The minimum atomic E-state index is -0.564. The highest BCUT2D eigenvalue weighted by Crippen LogP contribution is 2.24. The molecule has 88 valence electrons. The summed E-state index contributed by atoms with van der Waals surface area (Å²) in [6.07, 6.45) is 1.54. The number of benzene rings is 1. The van der Waals surface area contributed by atoms with Crippen LogP contribution in [0.5, 0.6) is 0 Å². The first kappa shape index (κ1) is 14.0. The normalized spacial score (nSPS) is 9.53. The molecule has 2 nitrogen and oxygen atoms in total. The first-order valence-electron chi connectivity index (χ1n) is 4.59. The molecule has 5 heteroatoms. The second-order valence-electron chi connectivity index (χ2n) is 3.18. The Balaban J connectivity index is 0.00000144. The average Bonchev–Trinajstić information content (AvgIpc) is 2.30. The van der Waals surface area contributed by atoms with Gasteiger partial charge in [0.05, 0.1) is 0 Å². The van der Waals surface area contributed by atoms with Crippen LogP contribution in [-0.2, 0) is 0 Å². The molecule has 0 saturated heterocycles. The van der Waals surface area contributed by atoms with Crippen LogP contribution in [-0.4, -0.2) is 10.2 Å². The summed E-state index contributed by atoms with van der Waals surface area (Å²) in [6, 6.07) is 10.7. The Morgan fingerprint density at radius 1 is 1.12 bits per heavy atom. The molecule has 1 aromatic heterocycles. The summed E-state index contributed by atoms with van der Waals surface area (Å²) in [7, 11) is 0. The Kier molecular flexibility index (Phi) is 4.94. The lowest BCUT2D eigenvalue weighted by molar-refractivity contribution is 0.107. The van der Waals surface area contributed by atoms with Crippen molar-refractivity contribution in [3.05, 3.63) is 53.3 Å². The number of hydrogen-bond donors (Lipinski definition) is 0. The average molecular weight is 289 g/mol. The number of nitrogens with zero attached hydrogens (tertiary/aromatic N) is 1. The zero-order valence-electron chi connectivity index (χ0n) is 8.56. The molecular weight excluding hydrogens is 280 g/mol. The molecule has 0 spiro atoms. The van der Waals surface area contributed by atoms with E-state index in [1.165, 1.54) is 6.20 Å². The standard InChI is InChI=1S/C12H7Cl2NO.ClH/c13-9-5-3-8(4-6-9)10-2-1-7-15-11(10)12(14)16;/h1-7H;1H. The number of carbonyl (C=O) groups is 1. The molecule has 0 atom stereocenters. The molecule has 1 heterocycles. The summed E-state index contributed by atoms with van der Waals surface area (Å²) < 4.78 is 0. The minimum Gasteiger partial charge on any atom is -0.274 e. The number of carbonyl (C=O) groups excluding carboxylic acids is 1. The van der Waals surface area contributed by atoms with E-state index in [9.17, 15) is 4.79 Å². The van der Waals surface area contributed by atoms with Crippen molar-refractivity contribution in [2.45, 2.75) is 0 Å². The molecule has 0 amide bonds. The predicted octanol–water partition coefficient (Wildman–Crippen LogP) is 4.20. The maximum Gasteiger partial charge on any atom is 0.271 e. The van der Waals surface area contributed by atoms with Crippen LogP contribution in [0.15, 0.2) is 42.6 Å². The maximum atomic E-state index is 11.2. The molecule has 2 rings (SSSR count). The fourth-order valence-corrected chi connectivity index (χ4v) is 1.70. The third kappa shape index (κ3) is 3.19. The van der Waals surface area contributed by atoms with E-state index in [2.05, 4.69) is 4.98 Å². The number of hydrogen-bond acceptors (Lipinski definition) is 2. The molecule has 0 aliphatic heterocycles. The van der Waals surface area contributed by atoms with Crippen LogP contribution in [0.4, 0.5) is 0 Å². The van der Waals surface area contributed by atoms with E-state index >= 15 is 0 Å². The molecule has 0 aliphatic carbocycles. The van der Waals surface area contributed by atoms with Gasteiger partial charge >= 0.3 is 0 Å². The number of rotatable bonds is 2. The summed E-state index contributed by atoms with van der Waals surface area (Å²) in [5.41, 5.74) is 1.83. The van der Waals surface area contributed by atoms with Gasteiger partial charge < -0.3 is 0 Å². The highest BCUT2D eigenvalue weighted by molar-refractivity contribution is 6.68. The smallest absolute Gasteiger partial charge is 0.271 e. The van der Waals surface area contributed by atoms with Gasteiger partial charge in [0.25, 0.3) is 5.24 Å². The maximum absolute atomic E-state index is 11.2. The first-order valence-corrected chi connectivity index (χ1v) is 5.35. The highest BCUT2D eigenvalue weighted by atomic mass is 35.5. The van der Waals surface area contributed by atoms with Crippen molar-refractivity contribution >= 4 is 40.9 Å². The van der Waals surface area contributed by atoms with Crippen molar-refractivity contribution < 1.29 is 4.79 Å². The van der Waals surface area contributed by atoms with Gasteiger partial charge in [0.1, 0.15) is 5.69 Å². The Morgan fingerprint density at radius 2 is 1.76 bits per heavy atom. The zero-order chi connectivity index (χ0) is 11.5. The van der Waals surface area contributed by atoms with Gasteiger partial charge in [-0.3, -0.25) is 9.78 Å². The number of halogens is 3. The Morgan fingerprint density at radius 3 is 2.35 bits per heavy atom. The predicted molar refractivity (Wildman–Crippen MR) is 72.1 cm³/mol. The van der Waals surface area contributed by atoms with Crippen molar-refractivity contribution in [1.29, 1.82) is 0 Å². The molecule has 0 unspecified atom stereocenters. The lowest BCUT2D eigenvalue weighted by Gasteiger charge is -2.04. The van der Waals surface area contributed by atoms with Gasteiger partial charge in [-0.2, -0.15) is 0 Å². The molecule has 0 aliphatic rings. The lowest BCUT2D eigenvalue weighted by Crippen LogP contribution is -1.96. The van der Waals surface area contributed by atoms with E-state index in [0.717, 1.165) is 5.56 Å². The summed E-state index contributed by atoms with van der Waals surface area (Å²) in [5, 5.41) is 0.0805. The Bertz CT molecular complexity index is 526. The summed E-state index contributed by atoms with van der Waals surface area (Å²) in [4.78, 5) is 15.1. The molecule has 2 aromatic rings. The van der Waals surface area contributed by atoms with E-state index in [4.69, 9.17) is 23.2 Å². The second kappa shape index (κ2) is 6.01. The SMILES string of the molecule is Cl.O=C(Cl)c1ncccc1-c1ccc(Cl)cc1. The quantitative estimate of drug-likeness (QED) is 0.775. The second-order valence-corrected chi connectivity index (χ2v) is 3.96. The molecule has 0 N–H and O–H groups in total. The Labute approximate surface area is 115 Å². The van der Waals surface area contributed by atoms with Crippen LogP contribution in [0, 0.1) is 0 Å². The zero-order valence-corrected chi connectivity index (χ0v) is 10.9. The highest BCUT2D eigenvalue weighted by Gasteiger charge is 2.11. The Hall–Kier alpha value is -1.09. The summed E-state index contributed by atoms with van der Waals surface area (Å²) in [5.74, 6) is 0. The van der Waals surface area contributed by atoms with Gasteiger partial charge in [0, 0.05) is 16.8 Å². The fourth-order valence-electron chi connectivity index (χ4n) is 1.42. The van der Waals surface area contributed by atoms with E-state index in [1.54, 1.807) is 24.3 Å². The van der Waals surface area contributed by atoms with Crippen molar-refractivity contribution in [1.82, 2.24) is 4.98 Å². The molecule has 0 saturated carbocycles. The topological polar surface area (TPSA) is 30.0 Å². The van der Waals surface area contributed by atoms with E-state index in [0.29, 0.717) is 10.6 Å². The van der Waals surface area contributed by atoms with Crippen molar-refractivity contribution in [3.63, 3.8) is 0 Å². The molecule has 0 bridgehead atoms. The van der Waals surface area contributed by atoms with Gasteiger partial charge in [-0.25, -0.2) is 0 Å². The lowest BCUT2D eigenvalue weighted by atomic mass is 10.0. The van der Waals surface area contributed by atoms with Gasteiger partial charge in [0.2, 0.25) is 0 Å². The van der Waals surface area contributed by atoms with Crippen molar-refractivity contribution in [2.24, 2.45) is 0 Å². The van der Waals surface area contributed by atoms with Gasteiger partial charge in [-0.05, 0) is 35.4 Å². The number of pyridine rings is 1. The first-order chi connectivity index (χ1) is 7.68. The molecule has 1 aromatic carbocycles. The van der Waals surface area contributed by atoms with Crippen molar-refractivity contribution in [3.8, 4) is 11.1 Å². The van der Waals surface area contributed by atoms with E-state index < -0.39 is 5.24 Å². The summed E-state index contributed by atoms with van der Waals surface area (Å²) in [6.45, 7) is 0. The number of aromatic nitrogens is 1. The minimum absolute atomic E-state index is 0. The largest absolute Gasteiger partial charge is 0.274 e. The van der Waals surface area contributed by atoms with Gasteiger partial charge in [0.15, 0.2) is 0 Å². The van der Waals surface area contributed by atoms with Crippen LogP contribution >= 0.6 is 35.6 Å². The van der Waals surface area contributed by atoms with Crippen LogP contribution in [0.2, 0.25) is 5.02 Å². The van der Waals surface area contributed by atoms with E-state index in [1.807, 2.05) is 12.1 Å². The third-order valence-corrected chi connectivity index (χ3v) is 2.58. The molecular formula is C12H8Cl3NO.